The van der Waals surface area contributed by atoms with Crippen molar-refractivity contribution in [2.45, 2.75) is 56.9 Å². The molecule has 2 amide bonds. The maximum Gasteiger partial charge on any atom is 0.313 e. The summed E-state index contributed by atoms with van der Waals surface area (Å²) < 4.78 is 41.4. The lowest BCUT2D eigenvalue weighted by atomic mass is 10.0. The highest BCUT2D eigenvalue weighted by Crippen LogP contribution is 2.27. The van der Waals surface area contributed by atoms with Crippen LogP contribution in [0, 0.1) is 12.7 Å². The van der Waals surface area contributed by atoms with Crippen LogP contribution in [-0.2, 0) is 26.0 Å². The van der Waals surface area contributed by atoms with Crippen LogP contribution >= 0.6 is 0 Å². The Balaban J connectivity index is 1.57. The van der Waals surface area contributed by atoms with Crippen molar-refractivity contribution in [1.29, 1.82) is 0 Å². The van der Waals surface area contributed by atoms with Crippen LogP contribution in [0.3, 0.4) is 0 Å². The van der Waals surface area contributed by atoms with Crippen LogP contribution in [0.4, 0.5) is 10.1 Å². The van der Waals surface area contributed by atoms with E-state index in [1.807, 2.05) is 19.1 Å². The Morgan fingerprint density at radius 2 is 1.82 bits per heavy atom. The molecule has 1 aliphatic heterocycles. The number of anilines is 1. The van der Waals surface area contributed by atoms with E-state index >= 15 is 0 Å². The van der Waals surface area contributed by atoms with Gasteiger partial charge >= 0.3 is 11.8 Å². The van der Waals surface area contributed by atoms with Crippen LogP contribution in [0.1, 0.15) is 43.7 Å². The molecule has 2 N–H and O–H groups in total. The topological polar surface area (TPSA) is 95.6 Å². The van der Waals surface area contributed by atoms with Gasteiger partial charge in [0.1, 0.15) is 5.82 Å². The Morgan fingerprint density at radius 3 is 2.48 bits per heavy atom. The molecule has 0 spiro atoms. The van der Waals surface area contributed by atoms with Gasteiger partial charge in [-0.1, -0.05) is 25.5 Å². The van der Waals surface area contributed by atoms with E-state index in [0.29, 0.717) is 25.1 Å². The molecule has 7 nitrogen and oxygen atoms in total. The van der Waals surface area contributed by atoms with Crippen LogP contribution < -0.4 is 10.6 Å². The number of benzene rings is 2. The molecule has 1 heterocycles. The lowest BCUT2D eigenvalue weighted by Gasteiger charge is -2.34. The first kappa shape index (κ1) is 24.9. The summed E-state index contributed by atoms with van der Waals surface area (Å²) in [5.74, 6) is -1.99. The lowest BCUT2D eigenvalue weighted by Crippen LogP contribution is -2.45. The van der Waals surface area contributed by atoms with Gasteiger partial charge in [0, 0.05) is 24.8 Å². The number of hydrogen-bond donors (Lipinski definition) is 2. The van der Waals surface area contributed by atoms with E-state index in [-0.39, 0.29) is 23.0 Å². The molecule has 1 unspecified atom stereocenters. The summed E-state index contributed by atoms with van der Waals surface area (Å²) >= 11 is 0. The number of hydrogen-bond acceptors (Lipinski definition) is 4. The monoisotopic (exact) mass is 475 g/mol. The quantitative estimate of drug-likeness (QED) is 0.600. The SMILES string of the molecule is CCc1ccc(NC(=O)C(=O)NCCC2CCCCN2S(=O)(=O)c2ccc(F)c(C)c2)cc1. The average molecular weight is 476 g/mol. The van der Waals surface area contributed by atoms with Gasteiger partial charge in [0.25, 0.3) is 0 Å². The van der Waals surface area contributed by atoms with Crippen molar-refractivity contribution in [2.75, 3.05) is 18.4 Å². The second-order valence-electron chi connectivity index (χ2n) is 8.23. The summed E-state index contributed by atoms with van der Waals surface area (Å²) in [5, 5.41) is 5.14. The number of aryl methyl sites for hydroxylation is 2. The van der Waals surface area contributed by atoms with E-state index in [2.05, 4.69) is 10.6 Å². The second-order valence-corrected chi connectivity index (χ2v) is 10.1. The summed E-state index contributed by atoms with van der Waals surface area (Å²) in [6.45, 7) is 4.09. The summed E-state index contributed by atoms with van der Waals surface area (Å²) in [5.41, 5.74) is 1.93. The molecule has 0 bridgehead atoms. The summed E-state index contributed by atoms with van der Waals surface area (Å²) in [6, 6.07) is 10.7. The predicted molar refractivity (Wildman–Crippen MR) is 125 cm³/mol. The van der Waals surface area contributed by atoms with Crippen LogP contribution in [-0.4, -0.2) is 43.7 Å². The molecule has 178 valence electrons. The van der Waals surface area contributed by atoms with Gasteiger partial charge in [0.2, 0.25) is 10.0 Å². The smallest absolute Gasteiger partial charge is 0.313 e. The maximum absolute atomic E-state index is 13.6. The van der Waals surface area contributed by atoms with Crippen LogP contribution in [0.5, 0.6) is 0 Å². The Morgan fingerprint density at radius 1 is 1.09 bits per heavy atom. The number of sulfonamides is 1. The molecule has 2 aromatic carbocycles. The predicted octanol–water partition coefficient (Wildman–Crippen LogP) is 3.38. The van der Waals surface area contributed by atoms with Gasteiger partial charge < -0.3 is 10.6 Å². The van der Waals surface area contributed by atoms with Gasteiger partial charge in [0.15, 0.2) is 0 Å². The highest BCUT2D eigenvalue weighted by molar-refractivity contribution is 7.89. The molecular formula is C24H30FN3O4S. The minimum Gasteiger partial charge on any atom is -0.348 e. The van der Waals surface area contributed by atoms with Gasteiger partial charge in [-0.15, -0.1) is 0 Å². The lowest BCUT2D eigenvalue weighted by molar-refractivity contribution is -0.136. The van der Waals surface area contributed by atoms with E-state index in [4.69, 9.17) is 0 Å². The molecular weight excluding hydrogens is 445 g/mol. The summed E-state index contributed by atoms with van der Waals surface area (Å²) in [4.78, 5) is 24.4. The number of rotatable bonds is 7. The molecule has 0 radical (unpaired) electrons. The highest BCUT2D eigenvalue weighted by atomic mass is 32.2. The van der Waals surface area contributed by atoms with Gasteiger partial charge in [-0.05, 0) is 74.1 Å². The Labute approximate surface area is 194 Å². The number of piperidine rings is 1. The van der Waals surface area contributed by atoms with Gasteiger partial charge in [-0.2, -0.15) is 4.31 Å². The van der Waals surface area contributed by atoms with Crippen molar-refractivity contribution in [3.63, 3.8) is 0 Å². The molecule has 1 atom stereocenters. The molecule has 0 saturated carbocycles. The number of nitrogens with one attached hydrogen (secondary N) is 2. The first-order valence-corrected chi connectivity index (χ1v) is 12.6. The fourth-order valence-electron chi connectivity index (χ4n) is 3.94. The molecule has 1 saturated heterocycles. The van der Waals surface area contributed by atoms with Crippen molar-refractivity contribution in [2.24, 2.45) is 0 Å². The number of carbonyl (C=O) groups is 2. The minimum absolute atomic E-state index is 0.0609. The van der Waals surface area contributed by atoms with Crippen LogP contribution in [0.25, 0.3) is 0 Å². The minimum atomic E-state index is -3.79. The number of halogens is 1. The first-order valence-electron chi connectivity index (χ1n) is 11.2. The molecule has 3 rings (SSSR count). The van der Waals surface area contributed by atoms with E-state index in [9.17, 15) is 22.4 Å². The van der Waals surface area contributed by atoms with Crippen molar-refractivity contribution in [3.05, 3.63) is 59.4 Å². The van der Waals surface area contributed by atoms with Crippen molar-refractivity contribution in [3.8, 4) is 0 Å². The van der Waals surface area contributed by atoms with Crippen LogP contribution in [0.2, 0.25) is 0 Å². The largest absolute Gasteiger partial charge is 0.348 e. The fourth-order valence-corrected chi connectivity index (χ4v) is 5.75. The fraction of sp³-hybridized carbons (Fsp3) is 0.417. The summed E-state index contributed by atoms with van der Waals surface area (Å²) in [7, 11) is -3.79. The number of amides is 2. The third-order valence-corrected chi connectivity index (χ3v) is 7.85. The zero-order valence-electron chi connectivity index (χ0n) is 18.9. The summed E-state index contributed by atoms with van der Waals surface area (Å²) in [6.07, 6.45) is 3.53. The molecule has 1 aliphatic rings. The van der Waals surface area contributed by atoms with Gasteiger partial charge in [0.05, 0.1) is 4.90 Å². The van der Waals surface area contributed by atoms with Crippen molar-refractivity contribution >= 4 is 27.5 Å². The highest BCUT2D eigenvalue weighted by Gasteiger charge is 2.33. The maximum atomic E-state index is 13.6. The van der Waals surface area contributed by atoms with E-state index in [1.165, 1.54) is 23.4 Å². The third kappa shape index (κ3) is 6.17. The number of nitrogens with zero attached hydrogens (tertiary/aromatic N) is 1. The van der Waals surface area contributed by atoms with E-state index in [0.717, 1.165) is 30.9 Å². The van der Waals surface area contributed by atoms with Crippen LogP contribution in [0.15, 0.2) is 47.4 Å². The van der Waals surface area contributed by atoms with E-state index in [1.54, 1.807) is 12.1 Å². The molecule has 1 fully saturated rings. The zero-order valence-corrected chi connectivity index (χ0v) is 19.8. The normalized spacial score (nSPS) is 16.9. The zero-order chi connectivity index (χ0) is 24.0. The molecule has 0 aliphatic carbocycles. The first-order chi connectivity index (χ1) is 15.7. The molecule has 9 heteroatoms. The second kappa shape index (κ2) is 10.9. The van der Waals surface area contributed by atoms with Gasteiger partial charge in [-0.3, -0.25) is 9.59 Å². The average Bonchev–Trinajstić information content (AvgIpc) is 2.81. The third-order valence-electron chi connectivity index (χ3n) is 5.90. The number of carbonyl (C=O) groups excluding carboxylic acids is 2. The Bertz CT molecular complexity index is 1100. The van der Waals surface area contributed by atoms with Crippen molar-refractivity contribution in [1.82, 2.24) is 9.62 Å². The Hall–Kier alpha value is -2.78. The standard InChI is InChI=1S/C24H30FN3O4S/c1-3-18-7-9-19(10-8-18)27-24(30)23(29)26-14-13-20-6-4-5-15-28(20)33(31,32)21-11-12-22(25)17(2)16-21/h7-12,16,20H,3-6,13-15H2,1-2H3,(H,26,29)(H,27,30). The van der Waals surface area contributed by atoms with E-state index < -0.39 is 27.7 Å². The molecule has 33 heavy (non-hydrogen) atoms. The van der Waals surface area contributed by atoms with Crippen molar-refractivity contribution < 1.29 is 22.4 Å². The molecule has 0 aromatic heterocycles. The van der Waals surface area contributed by atoms with Gasteiger partial charge in [-0.25, -0.2) is 12.8 Å². The Kier molecular flexibility index (Phi) is 8.20. The molecule has 2 aromatic rings.